The third-order valence-corrected chi connectivity index (χ3v) is 4.08. The van der Waals surface area contributed by atoms with Gasteiger partial charge in [-0.1, -0.05) is 0 Å². The molecule has 22 heavy (non-hydrogen) atoms. The Morgan fingerprint density at radius 1 is 0.818 bits per heavy atom. The summed E-state index contributed by atoms with van der Waals surface area (Å²) in [4.78, 5) is 24.3. The van der Waals surface area contributed by atoms with E-state index < -0.39 is 0 Å². The van der Waals surface area contributed by atoms with E-state index in [0.29, 0.717) is 22.1 Å². The van der Waals surface area contributed by atoms with Gasteiger partial charge in [0.1, 0.15) is 11.5 Å². The van der Waals surface area contributed by atoms with Gasteiger partial charge in [-0.05, 0) is 12.1 Å². The Bertz CT molecular complexity index is 758. The molecule has 0 aliphatic heterocycles. The van der Waals surface area contributed by atoms with Gasteiger partial charge < -0.3 is 20.8 Å². The highest BCUT2D eigenvalue weighted by Crippen LogP contribution is 2.48. The lowest BCUT2D eigenvalue weighted by atomic mass is 9.85. The lowest BCUT2D eigenvalue weighted by Crippen LogP contribution is -2.18. The number of carbonyl (C=O) groups is 2. The summed E-state index contributed by atoms with van der Waals surface area (Å²) >= 11 is 0. The molecule has 0 bridgehead atoms. The summed E-state index contributed by atoms with van der Waals surface area (Å²) in [6.07, 6.45) is 0.0931. The first kappa shape index (κ1) is 14.2. The first-order valence-electron chi connectivity index (χ1n) is 6.97. The molecule has 1 aliphatic rings. The van der Waals surface area contributed by atoms with Crippen molar-refractivity contribution < 1.29 is 19.8 Å². The minimum atomic E-state index is -0.332. The summed E-state index contributed by atoms with van der Waals surface area (Å²) in [7, 11) is 3.35. The summed E-state index contributed by atoms with van der Waals surface area (Å²) in [6.45, 7) is 0. The zero-order chi connectivity index (χ0) is 16.0. The van der Waals surface area contributed by atoms with Gasteiger partial charge in [-0.2, -0.15) is 0 Å². The highest BCUT2D eigenvalue weighted by molar-refractivity contribution is 6.24. The number of phenolic OH excluding ortho intramolecular Hbond substituents is 2. The van der Waals surface area contributed by atoms with Crippen LogP contribution in [0.5, 0.6) is 11.5 Å². The fourth-order valence-corrected chi connectivity index (χ4v) is 3.02. The molecule has 0 atom stereocenters. The van der Waals surface area contributed by atoms with Gasteiger partial charge >= 0.3 is 0 Å². The predicted octanol–water partition coefficient (Wildman–Crippen LogP) is 2.49. The third kappa shape index (κ3) is 1.73. The highest BCUT2D eigenvalue weighted by atomic mass is 16.3. The van der Waals surface area contributed by atoms with Crippen LogP contribution in [0.1, 0.15) is 33.6 Å². The zero-order valence-electron chi connectivity index (χ0n) is 12.3. The second kappa shape index (κ2) is 4.91. The van der Waals surface area contributed by atoms with Crippen LogP contribution in [0.4, 0.5) is 11.4 Å². The van der Waals surface area contributed by atoms with E-state index in [0.717, 1.165) is 0 Å². The van der Waals surface area contributed by atoms with Crippen LogP contribution >= 0.6 is 0 Å². The van der Waals surface area contributed by atoms with Crippen molar-refractivity contribution in [3.05, 3.63) is 23.3 Å². The maximum atomic E-state index is 12.1. The van der Waals surface area contributed by atoms with Crippen molar-refractivity contribution >= 4 is 33.7 Å². The van der Waals surface area contributed by atoms with Crippen LogP contribution in [0.25, 0.3) is 10.8 Å². The topological polar surface area (TPSA) is 98.7 Å². The molecule has 0 saturated carbocycles. The Labute approximate surface area is 126 Å². The molecule has 0 aromatic heterocycles. The van der Waals surface area contributed by atoms with E-state index >= 15 is 0 Å². The maximum Gasteiger partial charge on any atom is 0.167 e. The second-order valence-corrected chi connectivity index (χ2v) is 5.20. The number of carbonyl (C=O) groups excluding carboxylic acids is 2. The number of anilines is 2. The number of benzene rings is 2. The van der Waals surface area contributed by atoms with Crippen molar-refractivity contribution in [2.75, 3.05) is 24.7 Å². The average Bonchev–Trinajstić information content (AvgIpc) is 2.53. The minimum absolute atomic E-state index is 0.0466. The Morgan fingerprint density at radius 3 is 1.50 bits per heavy atom. The van der Waals surface area contributed by atoms with Crippen molar-refractivity contribution in [2.24, 2.45) is 0 Å². The number of ketones is 2. The van der Waals surface area contributed by atoms with Gasteiger partial charge in [-0.15, -0.1) is 0 Å². The molecular formula is C16H16N2O4. The standard InChI is InChI=1S/C16H16N2O4/c1-17-7-3-4-8(18-2)12-11(7)15(21)13-9(19)5-6-10(20)14(13)16(12)22/h3-4,17-18,21-22H,5-6H2,1-2H3. The number of Topliss-reactive ketones (excluding diaryl/α,β-unsaturated/α-hetero) is 2. The largest absolute Gasteiger partial charge is 0.506 e. The van der Waals surface area contributed by atoms with Gasteiger partial charge in [0.2, 0.25) is 0 Å². The van der Waals surface area contributed by atoms with Crippen molar-refractivity contribution in [1.29, 1.82) is 0 Å². The molecule has 0 heterocycles. The summed E-state index contributed by atoms with van der Waals surface area (Å²) in [5.41, 5.74) is 0.975. The van der Waals surface area contributed by atoms with Crippen molar-refractivity contribution in [1.82, 2.24) is 0 Å². The minimum Gasteiger partial charge on any atom is -0.506 e. The first-order chi connectivity index (χ1) is 10.5. The van der Waals surface area contributed by atoms with Crippen molar-refractivity contribution in [3.8, 4) is 11.5 Å². The van der Waals surface area contributed by atoms with Crippen LogP contribution < -0.4 is 10.6 Å². The number of phenols is 2. The molecule has 0 unspecified atom stereocenters. The van der Waals surface area contributed by atoms with Crippen LogP contribution in [-0.2, 0) is 0 Å². The zero-order valence-corrected chi connectivity index (χ0v) is 12.3. The van der Waals surface area contributed by atoms with Crippen LogP contribution in [0.2, 0.25) is 0 Å². The fraction of sp³-hybridized carbons (Fsp3) is 0.250. The molecular weight excluding hydrogens is 284 g/mol. The number of aromatic hydroxyl groups is 2. The Hall–Kier alpha value is -2.76. The molecule has 6 heteroatoms. The summed E-state index contributed by atoms with van der Waals surface area (Å²) in [5.74, 6) is -1.19. The third-order valence-electron chi connectivity index (χ3n) is 4.08. The van der Waals surface area contributed by atoms with E-state index in [1.807, 2.05) is 0 Å². The maximum absolute atomic E-state index is 12.1. The SMILES string of the molecule is CNc1ccc(NC)c2c(O)c3c(c(O)c12)C(=O)CCC3=O. The summed E-state index contributed by atoms with van der Waals surface area (Å²) in [6, 6.07) is 3.46. The predicted molar refractivity (Wildman–Crippen MR) is 84.3 cm³/mol. The number of hydrogen-bond acceptors (Lipinski definition) is 6. The molecule has 0 saturated heterocycles. The Kier molecular flexibility index (Phi) is 3.16. The smallest absolute Gasteiger partial charge is 0.167 e. The number of fused-ring (bicyclic) bond motifs is 2. The molecule has 4 N–H and O–H groups in total. The monoisotopic (exact) mass is 300 g/mol. The average molecular weight is 300 g/mol. The van der Waals surface area contributed by atoms with Crippen molar-refractivity contribution in [2.45, 2.75) is 12.8 Å². The molecule has 0 fully saturated rings. The summed E-state index contributed by atoms with van der Waals surface area (Å²) < 4.78 is 0. The Morgan fingerprint density at radius 2 is 1.18 bits per heavy atom. The second-order valence-electron chi connectivity index (χ2n) is 5.20. The fourth-order valence-electron chi connectivity index (χ4n) is 3.02. The molecule has 2 aromatic carbocycles. The van der Waals surface area contributed by atoms with Gasteiger partial charge in [-0.25, -0.2) is 0 Å². The summed E-state index contributed by atoms with van der Waals surface area (Å²) in [5, 5.41) is 27.7. The number of rotatable bonds is 2. The van der Waals surface area contributed by atoms with Crippen LogP contribution in [0.15, 0.2) is 12.1 Å². The van der Waals surface area contributed by atoms with Crippen LogP contribution in [-0.4, -0.2) is 35.9 Å². The van der Waals surface area contributed by atoms with Crippen LogP contribution in [0, 0.1) is 0 Å². The van der Waals surface area contributed by atoms with E-state index in [4.69, 9.17) is 0 Å². The lowest BCUT2D eigenvalue weighted by molar-refractivity contribution is 0.0885. The quantitative estimate of drug-likeness (QED) is 0.636. The lowest BCUT2D eigenvalue weighted by Gasteiger charge is -2.21. The molecule has 3 rings (SSSR count). The van der Waals surface area contributed by atoms with Gasteiger partial charge in [0.05, 0.1) is 21.9 Å². The van der Waals surface area contributed by atoms with E-state index in [1.54, 1.807) is 26.2 Å². The number of hydrogen-bond donors (Lipinski definition) is 4. The van der Waals surface area contributed by atoms with Gasteiger partial charge in [-0.3, -0.25) is 9.59 Å². The van der Waals surface area contributed by atoms with Gasteiger partial charge in [0, 0.05) is 38.3 Å². The molecule has 0 radical (unpaired) electrons. The molecule has 0 spiro atoms. The highest BCUT2D eigenvalue weighted by Gasteiger charge is 2.33. The molecule has 2 aromatic rings. The molecule has 114 valence electrons. The number of nitrogens with one attached hydrogen (secondary N) is 2. The van der Waals surface area contributed by atoms with E-state index in [1.165, 1.54) is 0 Å². The van der Waals surface area contributed by atoms with Crippen LogP contribution in [0.3, 0.4) is 0 Å². The van der Waals surface area contributed by atoms with Gasteiger partial charge in [0.15, 0.2) is 11.6 Å². The van der Waals surface area contributed by atoms with Gasteiger partial charge in [0.25, 0.3) is 0 Å². The molecule has 0 amide bonds. The van der Waals surface area contributed by atoms with E-state index in [-0.39, 0.29) is 47.0 Å². The Balaban J connectivity index is 2.58. The first-order valence-corrected chi connectivity index (χ1v) is 6.97. The van der Waals surface area contributed by atoms with E-state index in [9.17, 15) is 19.8 Å². The normalized spacial score (nSPS) is 14.1. The van der Waals surface area contributed by atoms with Crippen molar-refractivity contribution in [3.63, 3.8) is 0 Å². The molecule has 1 aliphatic carbocycles. The van der Waals surface area contributed by atoms with E-state index in [2.05, 4.69) is 10.6 Å². The molecule has 6 nitrogen and oxygen atoms in total.